The minimum atomic E-state index is -0.370. The van der Waals surface area contributed by atoms with Crippen LogP contribution in [0.4, 0.5) is 0 Å². The summed E-state index contributed by atoms with van der Waals surface area (Å²) in [5.41, 5.74) is 2.45. The molecule has 1 heterocycles. The maximum atomic E-state index is 12.8. The van der Waals surface area contributed by atoms with Crippen LogP contribution in [0.15, 0.2) is 28.9 Å². The SMILES string of the molecule is C=C1CCC2[C@](C)(CCC[C@]2(C)C(=O)OC)[C@H]1CCc1ccoc1CNC1CCCCC1. The molecule has 3 saturated carbocycles. The molecule has 0 bridgehead atoms. The van der Waals surface area contributed by atoms with E-state index in [2.05, 4.69) is 31.8 Å². The number of furan rings is 1. The Kier molecular flexibility index (Phi) is 7.19. The number of allylic oxidation sites excluding steroid dienone is 1. The standard InChI is InChI=1S/C28H43NO3/c1-20-11-14-25-27(2,16-8-17-28(25,3)26(30)31-4)23(20)13-12-21-15-18-32-24(21)19-29-22-9-6-5-7-10-22/h15,18,22-23,25,29H,1,5-14,16-17,19H2,2-4H3/t23-,25?,27+,28-/m0/s1. The summed E-state index contributed by atoms with van der Waals surface area (Å²) in [6.07, 6.45) is 15.9. The van der Waals surface area contributed by atoms with E-state index in [1.54, 1.807) is 7.11 Å². The van der Waals surface area contributed by atoms with Crippen LogP contribution in [0.25, 0.3) is 0 Å². The van der Waals surface area contributed by atoms with Gasteiger partial charge in [0.25, 0.3) is 0 Å². The molecule has 1 aromatic rings. The second kappa shape index (κ2) is 9.75. The number of methoxy groups -OCH3 is 1. The fourth-order valence-electron chi connectivity index (χ4n) is 7.55. The molecule has 4 rings (SSSR count). The molecule has 0 radical (unpaired) electrons. The summed E-state index contributed by atoms with van der Waals surface area (Å²) in [5, 5.41) is 3.73. The van der Waals surface area contributed by atoms with Crippen LogP contribution < -0.4 is 5.32 Å². The number of fused-ring (bicyclic) bond motifs is 1. The Hall–Kier alpha value is -1.55. The maximum Gasteiger partial charge on any atom is 0.311 e. The summed E-state index contributed by atoms with van der Waals surface area (Å²) in [5.74, 6) is 1.88. The second-order valence-corrected chi connectivity index (χ2v) is 11.2. The van der Waals surface area contributed by atoms with E-state index in [4.69, 9.17) is 9.15 Å². The van der Waals surface area contributed by atoms with Crippen molar-refractivity contribution in [1.29, 1.82) is 0 Å². The molecule has 4 atom stereocenters. The molecule has 0 amide bonds. The van der Waals surface area contributed by atoms with Gasteiger partial charge in [0.15, 0.2) is 0 Å². The van der Waals surface area contributed by atoms with Crippen molar-refractivity contribution < 1.29 is 13.9 Å². The molecule has 0 spiro atoms. The maximum absolute atomic E-state index is 12.8. The van der Waals surface area contributed by atoms with Crippen LogP contribution in [0.2, 0.25) is 0 Å². The van der Waals surface area contributed by atoms with Crippen LogP contribution >= 0.6 is 0 Å². The lowest BCUT2D eigenvalue weighted by atomic mass is 9.46. The van der Waals surface area contributed by atoms with Crippen molar-refractivity contribution in [3.05, 3.63) is 35.8 Å². The minimum Gasteiger partial charge on any atom is -0.469 e. The van der Waals surface area contributed by atoms with Crippen molar-refractivity contribution >= 4 is 5.97 Å². The molecular weight excluding hydrogens is 398 g/mol. The van der Waals surface area contributed by atoms with Crippen molar-refractivity contribution in [2.75, 3.05) is 7.11 Å². The molecule has 0 aromatic carbocycles. The average Bonchev–Trinajstić information content (AvgIpc) is 3.24. The van der Waals surface area contributed by atoms with Gasteiger partial charge in [-0.1, -0.05) is 44.8 Å². The third-order valence-electron chi connectivity index (χ3n) is 9.37. The second-order valence-electron chi connectivity index (χ2n) is 11.2. The number of aryl methyl sites for hydroxylation is 1. The monoisotopic (exact) mass is 441 g/mol. The third kappa shape index (κ3) is 4.44. The summed E-state index contributed by atoms with van der Waals surface area (Å²) < 4.78 is 11.2. The summed E-state index contributed by atoms with van der Waals surface area (Å²) >= 11 is 0. The average molecular weight is 442 g/mol. The number of esters is 1. The number of rotatable bonds is 7. The molecule has 1 N–H and O–H groups in total. The van der Waals surface area contributed by atoms with Gasteiger partial charge in [-0.25, -0.2) is 0 Å². The van der Waals surface area contributed by atoms with Crippen LogP contribution in [0, 0.1) is 22.7 Å². The van der Waals surface area contributed by atoms with Crippen molar-refractivity contribution in [2.45, 2.75) is 103 Å². The van der Waals surface area contributed by atoms with Gasteiger partial charge in [0.1, 0.15) is 5.76 Å². The number of carbonyl (C=O) groups is 1. The lowest BCUT2D eigenvalue weighted by Crippen LogP contribution is -2.53. The molecule has 3 aliphatic carbocycles. The highest BCUT2D eigenvalue weighted by Gasteiger charge is 2.57. The Bertz CT molecular complexity index is 807. The highest BCUT2D eigenvalue weighted by Crippen LogP contribution is 2.62. The molecule has 0 aliphatic heterocycles. The lowest BCUT2D eigenvalue weighted by molar-refractivity contribution is -0.168. The van der Waals surface area contributed by atoms with Gasteiger partial charge in [0.2, 0.25) is 0 Å². The Labute approximate surface area is 194 Å². The van der Waals surface area contributed by atoms with Gasteiger partial charge in [-0.05, 0) is 87.2 Å². The van der Waals surface area contributed by atoms with Gasteiger partial charge < -0.3 is 14.5 Å². The quantitative estimate of drug-likeness (QED) is 0.383. The molecule has 4 nitrogen and oxygen atoms in total. The predicted molar refractivity (Wildman–Crippen MR) is 128 cm³/mol. The van der Waals surface area contributed by atoms with E-state index in [0.717, 1.165) is 50.8 Å². The fraction of sp³-hybridized carbons (Fsp3) is 0.750. The first-order valence-corrected chi connectivity index (χ1v) is 12.9. The molecule has 0 saturated heterocycles. The Morgan fingerprint density at radius 1 is 1.19 bits per heavy atom. The fourth-order valence-corrected chi connectivity index (χ4v) is 7.55. The zero-order valence-corrected chi connectivity index (χ0v) is 20.5. The molecule has 1 unspecified atom stereocenters. The van der Waals surface area contributed by atoms with Gasteiger partial charge in [-0.3, -0.25) is 4.79 Å². The van der Waals surface area contributed by atoms with Crippen LogP contribution in [0.1, 0.15) is 95.8 Å². The first-order chi connectivity index (χ1) is 15.4. The lowest BCUT2D eigenvalue weighted by Gasteiger charge is -2.57. The van der Waals surface area contributed by atoms with Crippen molar-refractivity contribution in [2.24, 2.45) is 22.7 Å². The van der Waals surface area contributed by atoms with E-state index in [1.807, 2.05) is 6.26 Å². The summed E-state index contributed by atoms with van der Waals surface area (Å²) in [6, 6.07) is 2.79. The van der Waals surface area contributed by atoms with Gasteiger partial charge in [0, 0.05) is 6.04 Å². The highest BCUT2D eigenvalue weighted by atomic mass is 16.5. The van der Waals surface area contributed by atoms with Gasteiger partial charge in [0.05, 0.1) is 25.3 Å². The first kappa shape index (κ1) is 23.6. The number of carbonyl (C=O) groups excluding carboxylic acids is 1. The van der Waals surface area contributed by atoms with Crippen molar-refractivity contribution in [3.8, 4) is 0 Å². The van der Waals surface area contributed by atoms with E-state index in [0.29, 0.717) is 17.9 Å². The number of ether oxygens (including phenoxy) is 1. The Morgan fingerprint density at radius 2 is 1.97 bits per heavy atom. The van der Waals surface area contributed by atoms with Crippen LogP contribution in [0.3, 0.4) is 0 Å². The molecule has 3 aliphatic rings. The molecule has 4 heteroatoms. The van der Waals surface area contributed by atoms with E-state index < -0.39 is 0 Å². The topological polar surface area (TPSA) is 51.5 Å². The smallest absolute Gasteiger partial charge is 0.311 e. The van der Waals surface area contributed by atoms with Crippen LogP contribution in [0.5, 0.6) is 0 Å². The summed E-state index contributed by atoms with van der Waals surface area (Å²) in [6.45, 7) is 9.92. The van der Waals surface area contributed by atoms with Crippen molar-refractivity contribution in [1.82, 2.24) is 5.32 Å². The van der Waals surface area contributed by atoms with Gasteiger partial charge >= 0.3 is 5.97 Å². The zero-order valence-electron chi connectivity index (χ0n) is 20.5. The largest absolute Gasteiger partial charge is 0.469 e. The molecular formula is C28H43NO3. The Balaban J connectivity index is 1.44. The molecule has 32 heavy (non-hydrogen) atoms. The molecule has 3 fully saturated rings. The number of hydrogen-bond acceptors (Lipinski definition) is 4. The number of hydrogen-bond donors (Lipinski definition) is 1. The number of nitrogens with one attached hydrogen (secondary N) is 1. The van der Waals surface area contributed by atoms with Crippen LogP contribution in [-0.2, 0) is 22.5 Å². The van der Waals surface area contributed by atoms with E-state index >= 15 is 0 Å². The summed E-state index contributed by atoms with van der Waals surface area (Å²) in [4.78, 5) is 12.8. The predicted octanol–water partition coefficient (Wildman–Crippen LogP) is 6.59. The van der Waals surface area contributed by atoms with Crippen LogP contribution in [-0.4, -0.2) is 19.1 Å². The molecule has 1 aromatic heterocycles. The van der Waals surface area contributed by atoms with Crippen molar-refractivity contribution in [3.63, 3.8) is 0 Å². The Morgan fingerprint density at radius 3 is 2.72 bits per heavy atom. The normalized spacial score (nSPS) is 33.7. The molecule has 178 valence electrons. The first-order valence-electron chi connectivity index (χ1n) is 12.9. The van der Waals surface area contributed by atoms with E-state index in [1.165, 1.54) is 49.7 Å². The van der Waals surface area contributed by atoms with Gasteiger partial charge in [-0.2, -0.15) is 0 Å². The highest BCUT2D eigenvalue weighted by molar-refractivity contribution is 5.77. The third-order valence-corrected chi connectivity index (χ3v) is 9.37. The zero-order chi connectivity index (χ0) is 22.8. The summed E-state index contributed by atoms with van der Waals surface area (Å²) in [7, 11) is 1.54. The van der Waals surface area contributed by atoms with E-state index in [-0.39, 0.29) is 16.8 Å². The van der Waals surface area contributed by atoms with Gasteiger partial charge in [-0.15, -0.1) is 0 Å². The minimum absolute atomic E-state index is 0.0226. The van der Waals surface area contributed by atoms with E-state index in [9.17, 15) is 4.79 Å².